The number of likely N-dealkylation sites (N-methyl/N-ethyl adjacent to an activating group) is 1. The van der Waals surface area contributed by atoms with E-state index in [9.17, 15) is 0 Å². The Morgan fingerprint density at radius 3 is 2.71 bits per heavy atom. The molecule has 0 radical (unpaired) electrons. The van der Waals surface area contributed by atoms with Gasteiger partial charge in [0.15, 0.2) is 0 Å². The topological polar surface area (TPSA) is 30.9 Å². The summed E-state index contributed by atoms with van der Waals surface area (Å²) in [6.45, 7) is 7.00. The lowest BCUT2D eigenvalue weighted by atomic mass is 9.84. The highest BCUT2D eigenvalue weighted by Gasteiger charge is 2.33. The molecule has 130 valence electrons. The summed E-state index contributed by atoms with van der Waals surface area (Å²) in [5, 5.41) is 3.68. The number of nitrogens with zero attached hydrogens (tertiary/aromatic N) is 3. The fraction of sp³-hybridized carbons (Fsp3) is 0.650. The van der Waals surface area contributed by atoms with Gasteiger partial charge in [0, 0.05) is 30.9 Å². The molecule has 4 heteroatoms. The van der Waals surface area contributed by atoms with Gasteiger partial charge in [0.25, 0.3) is 0 Å². The third-order valence-corrected chi connectivity index (χ3v) is 5.92. The number of amidine groups is 1. The molecule has 0 aromatic heterocycles. The molecule has 2 aliphatic heterocycles. The van der Waals surface area contributed by atoms with Gasteiger partial charge in [0.2, 0.25) is 0 Å². The molecule has 1 unspecified atom stereocenters. The van der Waals surface area contributed by atoms with Crippen molar-refractivity contribution in [2.75, 3.05) is 38.1 Å². The van der Waals surface area contributed by atoms with Gasteiger partial charge >= 0.3 is 0 Å². The average Bonchev–Trinajstić information content (AvgIpc) is 2.89. The van der Waals surface area contributed by atoms with Crippen molar-refractivity contribution in [3.63, 3.8) is 0 Å². The van der Waals surface area contributed by atoms with E-state index in [1.165, 1.54) is 43.5 Å². The monoisotopic (exact) mass is 326 g/mol. The van der Waals surface area contributed by atoms with Crippen LogP contribution in [0.5, 0.6) is 0 Å². The Balaban J connectivity index is 1.44. The molecular weight excluding hydrogens is 296 g/mol. The fourth-order valence-electron chi connectivity index (χ4n) is 4.35. The molecule has 0 amide bonds. The smallest absolute Gasteiger partial charge is 0.128 e. The van der Waals surface area contributed by atoms with Crippen molar-refractivity contribution >= 4 is 11.5 Å². The van der Waals surface area contributed by atoms with Crippen LogP contribution >= 0.6 is 0 Å². The van der Waals surface area contributed by atoms with Crippen molar-refractivity contribution in [1.29, 1.82) is 0 Å². The molecule has 1 aromatic carbocycles. The lowest BCUT2D eigenvalue weighted by Crippen LogP contribution is -2.39. The van der Waals surface area contributed by atoms with E-state index in [1.54, 1.807) is 0 Å². The van der Waals surface area contributed by atoms with Crippen LogP contribution in [-0.4, -0.2) is 56.0 Å². The fourth-order valence-corrected chi connectivity index (χ4v) is 4.35. The molecule has 3 atom stereocenters. The lowest BCUT2D eigenvalue weighted by molar-refractivity contribution is 0.306. The largest absolute Gasteiger partial charge is 0.370 e. The Morgan fingerprint density at radius 1 is 1.04 bits per heavy atom. The average molecular weight is 326 g/mol. The van der Waals surface area contributed by atoms with Crippen LogP contribution in [0.25, 0.3) is 0 Å². The van der Waals surface area contributed by atoms with E-state index in [0.717, 1.165) is 31.4 Å². The van der Waals surface area contributed by atoms with Gasteiger partial charge in [-0.2, -0.15) is 0 Å². The zero-order valence-electron chi connectivity index (χ0n) is 15.0. The first kappa shape index (κ1) is 15.9. The number of rotatable bonds is 2. The third kappa shape index (κ3) is 3.30. The summed E-state index contributed by atoms with van der Waals surface area (Å²) in [6.07, 6.45) is 5.06. The van der Waals surface area contributed by atoms with Gasteiger partial charge < -0.3 is 15.1 Å². The zero-order valence-corrected chi connectivity index (χ0v) is 15.0. The van der Waals surface area contributed by atoms with Gasteiger partial charge in [-0.05, 0) is 69.5 Å². The van der Waals surface area contributed by atoms with Gasteiger partial charge in [0.1, 0.15) is 5.84 Å². The van der Waals surface area contributed by atoms with Crippen molar-refractivity contribution in [2.24, 2.45) is 10.9 Å². The van der Waals surface area contributed by atoms with Crippen LogP contribution in [0, 0.1) is 5.92 Å². The number of aliphatic imine (C=N–C) groups is 1. The highest BCUT2D eigenvalue weighted by atomic mass is 15.2. The Hall–Kier alpha value is -1.55. The summed E-state index contributed by atoms with van der Waals surface area (Å²) >= 11 is 0. The molecule has 0 spiro atoms. The third-order valence-electron chi connectivity index (χ3n) is 5.92. The SMILES string of the molecule is C[C@@H]1CC[C@@H]2N=C(c3ccc(N4CCCN(C)CC4)cc3)NC2C1. The molecule has 24 heavy (non-hydrogen) atoms. The molecule has 1 aromatic rings. The van der Waals surface area contributed by atoms with Gasteiger partial charge in [-0.3, -0.25) is 4.99 Å². The van der Waals surface area contributed by atoms with E-state index < -0.39 is 0 Å². The van der Waals surface area contributed by atoms with E-state index in [0.29, 0.717) is 12.1 Å². The predicted octanol–water partition coefficient (Wildman–Crippen LogP) is 2.74. The standard InChI is InChI=1S/C20H30N4/c1-15-4-9-18-19(14-15)22-20(21-18)16-5-7-17(8-6-16)24-11-3-10-23(2)12-13-24/h5-8,15,18-19H,3-4,9-14H2,1-2H3,(H,21,22)/t15-,18+,19?/m1/s1. The Labute approximate surface area is 145 Å². The van der Waals surface area contributed by atoms with Crippen LogP contribution in [0.4, 0.5) is 5.69 Å². The van der Waals surface area contributed by atoms with Crippen molar-refractivity contribution in [3.05, 3.63) is 29.8 Å². The van der Waals surface area contributed by atoms with Gasteiger partial charge in [-0.25, -0.2) is 0 Å². The minimum Gasteiger partial charge on any atom is -0.370 e. The van der Waals surface area contributed by atoms with Crippen molar-refractivity contribution in [1.82, 2.24) is 10.2 Å². The van der Waals surface area contributed by atoms with Crippen LogP contribution < -0.4 is 10.2 Å². The number of anilines is 1. The minimum absolute atomic E-state index is 0.497. The second-order valence-electron chi connectivity index (χ2n) is 7.90. The highest BCUT2D eigenvalue weighted by molar-refractivity contribution is 6.00. The van der Waals surface area contributed by atoms with E-state index >= 15 is 0 Å². The maximum absolute atomic E-state index is 4.97. The summed E-state index contributed by atoms with van der Waals surface area (Å²) in [4.78, 5) is 9.90. The predicted molar refractivity (Wildman–Crippen MR) is 101 cm³/mol. The van der Waals surface area contributed by atoms with Crippen LogP contribution in [0.2, 0.25) is 0 Å². The summed E-state index contributed by atoms with van der Waals surface area (Å²) < 4.78 is 0. The number of hydrogen-bond donors (Lipinski definition) is 1. The zero-order chi connectivity index (χ0) is 16.5. The van der Waals surface area contributed by atoms with Crippen LogP contribution in [0.3, 0.4) is 0 Å². The molecule has 4 nitrogen and oxygen atoms in total. The van der Waals surface area contributed by atoms with E-state index in [-0.39, 0.29) is 0 Å². The number of hydrogen-bond acceptors (Lipinski definition) is 4. The maximum Gasteiger partial charge on any atom is 0.128 e. The molecule has 3 aliphatic rings. The molecule has 1 saturated carbocycles. The minimum atomic E-state index is 0.497. The normalized spacial score (nSPS) is 31.2. The van der Waals surface area contributed by atoms with Crippen molar-refractivity contribution < 1.29 is 0 Å². The molecule has 0 bridgehead atoms. The number of fused-ring (bicyclic) bond motifs is 1. The Bertz CT molecular complexity index is 594. The summed E-state index contributed by atoms with van der Waals surface area (Å²) in [5.41, 5.74) is 2.59. The molecule has 1 N–H and O–H groups in total. The Morgan fingerprint density at radius 2 is 1.88 bits per heavy atom. The van der Waals surface area contributed by atoms with Gasteiger partial charge in [0.05, 0.1) is 12.1 Å². The highest BCUT2D eigenvalue weighted by Crippen LogP contribution is 2.30. The summed E-state index contributed by atoms with van der Waals surface area (Å²) in [6, 6.07) is 10.1. The second kappa shape index (κ2) is 6.75. The molecule has 2 heterocycles. The lowest BCUT2D eigenvalue weighted by Gasteiger charge is -2.28. The summed E-state index contributed by atoms with van der Waals surface area (Å²) in [5.74, 6) is 1.94. The van der Waals surface area contributed by atoms with E-state index in [2.05, 4.69) is 53.4 Å². The first-order valence-electron chi connectivity index (χ1n) is 9.57. The molecule has 4 rings (SSSR count). The Kier molecular flexibility index (Phi) is 4.49. The van der Waals surface area contributed by atoms with E-state index in [4.69, 9.17) is 4.99 Å². The van der Waals surface area contributed by atoms with Gasteiger partial charge in [-0.15, -0.1) is 0 Å². The van der Waals surface area contributed by atoms with Gasteiger partial charge in [-0.1, -0.05) is 6.92 Å². The van der Waals surface area contributed by atoms with Crippen molar-refractivity contribution in [3.8, 4) is 0 Å². The van der Waals surface area contributed by atoms with E-state index in [1.807, 2.05) is 0 Å². The first-order valence-corrected chi connectivity index (χ1v) is 9.57. The first-order chi connectivity index (χ1) is 11.7. The number of benzene rings is 1. The van der Waals surface area contributed by atoms with Crippen molar-refractivity contribution in [2.45, 2.75) is 44.7 Å². The van der Waals surface area contributed by atoms with Crippen LogP contribution in [-0.2, 0) is 0 Å². The van der Waals surface area contributed by atoms with Crippen LogP contribution in [0.1, 0.15) is 38.2 Å². The molecule has 2 fully saturated rings. The maximum atomic E-state index is 4.97. The van der Waals surface area contributed by atoms with Crippen LogP contribution in [0.15, 0.2) is 29.3 Å². The molecule has 1 saturated heterocycles. The quantitative estimate of drug-likeness (QED) is 0.906. The molecule has 1 aliphatic carbocycles. The number of nitrogens with one attached hydrogen (secondary N) is 1. The molecular formula is C20H30N4. The second-order valence-corrected chi connectivity index (χ2v) is 7.90. The summed E-state index contributed by atoms with van der Waals surface area (Å²) in [7, 11) is 2.22.